The number of amides is 3. The highest BCUT2D eigenvalue weighted by Gasteiger charge is 2.46. The Morgan fingerprint density at radius 1 is 1.00 bits per heavy atom. The lowest BCUT2D eigenvalue weighted by Crippen LogP contribution is -2.57. The molecule has 0 radical (unpaired) electrons. The number of hydrogen-bond acceptors (Lipinski definition) is 7. The van der Waals surface area contributed by atoms with Crippen molar-refractivity contribution in [3.05, 3.63) is 4.85 Å². The maximum Gasteiger partial charge on any atom is 0.328 e. The van der Waals surface area contributed by atoms with Crippen LogP contribution >= 0.6 is 0 Å². The molecule has 2 N–H and O–H groups in total. The van der Waals surface area contributed by atoms with E-state index in [1.54, 1.807) is 16.7 Å². The number of nitrogens with one attached hydrogen (secondary N) is 1. The van der Waals surface area contributed by atoms with Gasteiger partial charge in [-0.1, -0.05) is 11.8 Å². The van der Waals surface area contributed by atoms with E-state index in [1.165, 1.54) is 7.05 Å². The van der Waals surface area contributed by atoms with E-state index >= 15 is 0 Å². The summed E-state index contributed by atoms with van der Waals surface area (Å²) in [5, 5.41) is 12.9. The number of hydrogen-bond donors (Lipinski definition) is 2. The molecule has 7 atom stereocenters. The maximum absolute atomic E-state index is 13.9. The predicted octanol–water partition coefficient (Wildman–Crippen LogP) is 0.318. The van der Waals surface area contributed by atoms with Gasteiger partial charge in [0, 0.05) is 38.8 Å². The second-order valence-electron chi connectivity index (χ2n) is 11.3. The molecule has 11 nitrogen and oxygen atoms in total. The number of rotatable bonds is 2. The first-order valence-electron chi connectivity index (χ1n) is 14.0. The number of carbonyl (C=O) groups excluding carboxylic acids is 4. The molecule has 4 aliphatic heterocycles. The molecule has 4 aliphatic rings. The maximum atomic E-state index is 13.9. The highest BCUT2D eigenvalue weighted by Crippen LogP contribution is 2.31. The fourth-order valence-corrected chi connectivity index (χ4v) is 6.43. The first-order chi connectivity index (χ1) is 18.2. The van der Waals surface area contributed by atoms with Gasteiger partial charge in [0.25, 0.3) is 13.1 Å². The lowest BCUT2D eigenvalue weighted by atomic mass is 9.97. The third-order valence-corrected chi connectivity index (χ3v) is 8.47. The van der Waals surface area contributed by atoms with Crippen molar-refractivity contribution < 1.29 is 29.0 Å². The lowest BCUT2D eigenvalue weighted by Gasteiger charge is -2.39. The fraction of sp³-hybridized carbons (Fsp3) is 0.815. The highest BCUT2D eigenvalue weighted by molar-refractivity contribution is 5.91. The molecule has 0 bridgehead atoms. The minimum Gasteiger partial charge on any atom is -0.462 e. The van der Waals surface area contributed by atoms with Crippen molar-refractivity contribution in [2.75, 3.05) is 46.4 Å². The third kappa shape index (κ3) is 5.96. The van der Waals surface area contributed by atoms with E-state index in [4.69, 9.17) is 4.74 Å². The van der Waals surface area contributed by atoms with Gasteiger partial charge < -0.3 is 29.9 Å². The lowest BCUT2D eigenvalue weighted by molar-refractivity contribution is -0.157. The number of carbonyl (C=O) groups is 4. The summed E-state index contributed by atoms with van der Waals surface area (Å²) in [6, 6.07) is 0.792. The molecule has 38 heavy (non-hydrogen) atoms. The minimum atomic E-state index is -0.958. The molecule has 3 amide bonds. The van der Waals surface area contributed by atoms with E-state index < -0.39 is 30.0 Å². The second-order valence-corrected chi connectivity index (χ2v) is 11.3. The summed E-state index contributed by atoms with van der Waals surface area (Å²) in [6.07, 6.45) is 4.17. The molecule has 4 heterocycles. The van der Waals surface area contributed by atoms with E-state index in [0.717, 1.165) is 19.3 Å². The Labute approximate surface area is 224 Å². The number of ether oxygens (including phenoxy) is 1. The normalized spacial score (nSPS) is 35.3. The van der Waals surface area contributed by atoms with Gasteiger partial charge in [0.15, 0.2) is 0 Å². The van der Waals surface area contributed by atoms with Crippen LogP contribution in [-0.4, -0.2) is 114 Å². The van der Waals surface area contributed by atoms with E-state index in [9.17, 15) is 24.3 Å². The quantitative estimate of drug-likeness (QED) is 0.491. The van der Waals surface area contributed by atoms with Crippen molar-refractivity contribution in [1.82, 2.24) is 20.0 Å². The van der Waals surface area contributed by atoms with Gasteiger partial charge in [-0.05, 0) is 57.3 Å². The van der Waals surface area contributed by atoms with Crippen molar-refractivity contribution in [1.29, 1.82) is 0 Å². The standard InChI is InChI=1S/C27H42N5O6/c1-17-10-23-27(37)38-16-20(12-28-3)25(35)32-15-19(7-9-33)11-22(32)26(36)30-8-5-4-6-21(30)13-29-18(2)24(34)31(23)14-17/h17-23,29,33H,4-11,13-16H2,1-3H3/q+1. The monoisotopic (exact) mass is 532 g/mol. The summed E-state index contributed by atoms with van der Waals surface area (Å²) in [6.45, 7) is 5.39. The summed E-state index contributed by atoms with van der Waals surface area (Å²) in [4.78, 5) is 63.2. The van der Waals surface area contributed by atoms with Crippen LogP contribution in [0, 0.1) is 23.8 Å². The van der Waals surface area contributed by atoms with Crippen LogP contribution in [0.1, 0.15) is 52.4 Å². The molecule has 11 heteroatoms. The Morgan fingerprint density at radius 3 is 2.50 bits per heavy atom. The molecule has 0 saturated carbocycles. The van der Waals surface area contributed by atoms with Crippen LogP contribution in [0.3, 0.4) is 0 Å². The first kappa shape index (κ1) is 28.3. The molecule has 7 unspecified atom stereocenters. The van der Waals surface area contributed by atoms with Gasteiger partial charge in [-0.3, -0.25) is 14.4 Å². The van der Waals surface area contributed by atoms with Crippen LogP contribution < -0.4 is 5.32 Å². The van der Waals surface area contributed by atoms with Crippen LogP contribution in [0.4, 0.5) is 0 Å². The Bertz CT molecular complexity index is 979. The first-order valence-corrected chi connectivity index (χ1v) is 14.0. The summed E-state index contributed by atoms with van der Waals surface area (Å²) in [5.41, 5.74) is 0. The van der Waals surface area contributed by atoms with Gasteiger partial charge in [-0.15, -0.1) is 0 Å². The van der Waals surface area contributed by atoms with Crippen molar-refractivity contribution >= 4 is 23.7 Å². The smallest absolute Gasteiger partial charge is 0.328 e. The largest absolute Gasteiger partial charge is 0.462 e. The van der Waals surface area contributed by atoms with Gasteiger partial charge in [-0.2, -0.15) is 0 Å². The number of nitrogens with zero attached hydrogens (tertiary/aromatic N) is 4. The third-order valence-electron chi connectivity index (χ3n) is 8.47. The number of aliphatic hydroxyl groups is 1. The van der Waals surface area contributed by atoms with Gasteiger partial charge in [0.1, 0.15) is 18.7 Å². The van der Waals surface area contributed by atoms with Crippen LogP contribution in [0.15, 0.2) is 0 Å². The van der Waals surface area contributed by atoms with E-state index in [0.29, 0.717) is 45.4 Å². The number of fused-ring (bicyclic) bond motifs is 3. The number of piperidine rings is 1. The zero-order chi connectivity index (χ0) is 27.4. The van der Waals surface area contributed by atoms with Crippen LogP contribution in [0.2, 0.25) is 0 Å². The van der Waals surface area contributed by atoms with Crippen LogP contribution in [0.25, 0.3) is 4.85 Å². The fourth-order valence-electron chi connectivity index (χ4n) is 6.43. The van der Waals surface area contributed by atoms with E-state index in [-0.39, 0.29) is 48.8 Å². The number of cyclic esters (lactones) is 1. The molecule has 0 aromatic carbocycles. The molecule has 0 aliphatic carbocycles. The molecule has 4 rings (SSSR count). The SMILES string of the molecule is C[N+]#CC1COC(=O)C2CC(C)CN2C(=O)C(C)NCC2CCCCN2C(=O)C2CC(CCO)CN2C1=O. The Morgan fingerprint density at radius 2 is 1.76 bits per heavy atom. The minimum absolute atomic E-state index is 0.00528. The average molecular weight is 533 g/mol. The molecular formula is C27H42N5O6+. The molecule has 4 fully saturated rings. The van der Waals surface area contributed by atoms with E-state index in [2.05, 4.69) is 16.2 Å². The van der Waals surface area contributed by atoms with Crippen LogP contribution in [0.5, 0.6) is 0 Å². The van der Waals surface area contributed by atoms with Gasteiger partial charge in [-0.25, -0.2) is 4.79 Å². The second kappa shape index (κ2) is 12.4. The predicted molar refractivity (Wildman–Crippen MR) is 139 cm³/mol. The van der Waals surface area contributed by atoms with Crippen molar-refractivity contribution in [2.24, 2.45) is 17.8 Å². The molecule has 0 aromatic rings. The molecule has 0 aromatic heterocycles. The van der Waals surface area contributed by atoms with Gasteiger partial charge >= 0.3 is 5.97 Å². The number of esters is 1. The zero-order valence-corrected chi connectivity index (χ0v) is 22.8. The zero-order valence-electron chi connectivity index (χ0n) is 22.8. The van der Waals surface area contributed by atoms with Crippen molar-refractivity contribution in [3.8, 4) is 6.07 Å². The van der Waals surface area contributed by atoms with Gasteiger partial charge in [0.2, 0.25) is 23.6 Å². The Balaban J connectivity index is 1.67. The van der Waals surface area contributed by atoms with Crippen molar-refractivity contribution in [2.45, 2.75) is 76.5 Å². The average Bonchev–Trinajstić information content (AvgIpc) is 3.52. The van der Waals surface area contributed by atoms with Gasteiger partial charge in [0.05, 0.1) is 6.04 Å². The summed E-state index contributed by atoms with van der Waals surface area (Å²) in [5.74, 6) is -1.98. The highest BCUT2D eigenvalue weighted by atomic mass is 16.5. The molecule has 210 valence electrons. The van der Waals surface area contributed by atoms with Crippen LogP contribution in [-0.2, 0) is 23.9 Å². The summed E-state index contributed by atoms with van der Waals surface area (Å²) >= 11 is 0. The topological polar surface area (TPSA) is 124 Å². The molecule has 0 spiro atoms. The number of aliphatic hydroxyl groups excluding tert-OH is 1. The van der Waals surface area contributed by atoms with E-state index in [1.807, 2.05) is 11.8 Å². The Kier molecular flexibility index (Phi) is 9.26. The summed E-state index contributed by atoms with van der Waals surface area (Å²) in [7, 11) is 1.50. The Hall–Kier alpha value is -2.71. The molecule has 4 saturated heterocycles. The summed E-state index contributed by atoms with van der Waals surface area (Å²) < 4.78 is 5.60. The molecular weight excluding hydrogens is 490 g/mol. The van der Waals surface area contributed by atoms with Crippen molar-refractivity contribution in [3.63, 3.8) is 0 Å².